The molecule has 1 saturated heterocycles. The number of hydrogen-bond donors (Lipinski definition) is 1. The molecule has 0 aromatic carbocycles. The topological polar surface area (TPSA) is 76.3 Å². The molecule has 3 aromatic heterocycles. The Morgan fingerprint density at radius 2 is 2.36 bits per heavy atom. The van der Waals surface area contributed by atoms with Gasteiger partial charge in [-0.2, -0.15) is 9.37 Å². The van der Waals surface area contributed by atoms with Gasteiger partial charge in [-0.25, -0.2) is 9.97 Å². The zero-order valence-electron chi connectivity index (χ0n) is 13.9. The third kappa shape index (κ3) is 3.16. The van der Waals surface area contributed by atoms with Gasteiger partial charge in [-0.05, 0) is 13.0 Å². The molecule has 1 aliphatic rings. The third-order valence-electron chi connectivity index (χ3n) is 4.38. The lowest BCUT2D eigenvalue weighted by atomic mass is 10.2. The van der Waals surface area contributed by atoms with Gasteiger partial charge in [0.1, 0.15) is 17.8 Å². The lowest BCUT2D eigenvalue weighted by molar-refractivity contribution is 0.190. The largest absolute Gasteiger partial charge is 0.472 e. The van der Waals surface area contributed by atoms with Gasteiger partial charge in [0.2, 0.25) is 17.5 Å². The molecule has 0 radical (unpaired) electrons. The zero-order chi connectivity index (χ0) is 17.4. The first-order valence-corrected chi connectivity index (χ1v) is 8.87. The highest BCUT2D eigenvalue weighted by Crippen LogP contribution is 2.30. The van der Waals surface area contributed by atoms with Crippen molar-refractivity contribution in [2.24, 2.45) is 0 Å². The number of rotatable bonds is 5. The van der Waals surface area contributed by atoms with Gasteiger partial charge < -0.3 is 14.5 Å². The summed E-state index contributed by atoms with van der Waals surface area (Å²) in [6, 6.07) is 2.08. The summed E-state index contributed by atoms with van der Waals surface area (Å²) in [5, 5.41) is 4.24. The zero-order valence-corrected chi connectivity index (χ0v) is 14.7. The molecule has 25 heavy (non-hydrogen) atoms. The molecule has 1 fully saturated rings. The van der Waals surface area contributed by atoms with Crippen LogP contribution in [0.15, 0.2) is 23.1 Å². The van der Waals surface area contributed by atoms with Gasteiger partial charge in [0.25, 0.3) is 0 Å². The minimum atomic E-state index is -0.401. The fourth-order valence-electron chi connectivity index (χ4n) is 3.09. The van der Waals surface area contributed by atoms with E-state index in [2.05, 4.69) is 32.1 Å². The summed E-state index contributed by atoms with van der Waals surface area (Å²) in [6.07, 6.45) is 3.84. The first-order valence-electron chi connectivity index (χ1n) is 8.06. The van der Waals surface area contributed by atoms with Crippen LogP contribution >= 0.6 is 11.3 Å². The fourth-order valence-corrected chi connectivity index (χ4v) is 3.91. The lowest BCUT2D eigenvalue weighted by Crippen LogP contribution is -2.28. The molecule has 0 amide bonds. The van der Waals surface area contributed by atoms with E-state index in [-0.39, 0.29) is 12.1 Å². The van der Waals surface area contributed by atoms with Gasteiger partial charge in [-0.15, -0.1) is 0 Å². The van der Waals surface area contributed by atoms with Crippen LogP contribution in [0, 0.1) is 5.95 Å². The van der Waals surface area contributed by atoms with Crippen molar-refractivity contribution in [3.63, 3.8) is 0 Å². The maximum Gasteiger partial charge on any atom is 0.232 e. The maximum absolute atomic E-state index is 13.9. The highest BCUT2D eigenvalue weighted by atomic mass is 32.1. The van der Waals surface area contributed by atoms with E-state index in [0.717, 1.165) is 11.8 Å². The van der Waals surface area contributed by atoms with E-state index in [9.17, 15) is 4.39 Å². The molecule has 9 heteroatoms. The number of halogens is 1. The van der Waals surface area contributed by atoms with Crippen molar-refractivity contribution in [3.8, 4) is 5.88 Å². The first-order chi connectivity index (χ1) is 12.1. The van der Waals surface area contributed by atoms with E-state index in [1.807, 2.05) is 0 Å². The average molecular weight is 363 g/mol. The summed E-state index contributed by atoms with van der Waals surface area (Å²) >= 11 is 1.34. The van der Waals surface area contributed by atoms with E-state index in [1.54, 1.807) is 19.4 Å². The van der Waals surface area contributed by atoms with Gasteiger partial charge in [-0.1, -0.05) is 11.3 Å². The SMILES string of the molecule is CNc1nc(F)c(CN2CC(Oc3ncnc4occc34)CC2C)s1. The molecule has 0 spiro atoms. The highest BCUT2D eigenvalue weighted by Gasteiger charge is 2.32. The molecule has 0 aliphatic carbocycles. The number of ether oxygens (including phenoxy) is 1. The van der Waals surface area contributed by atoms with E-state index >= 15 is 0 Å². The Bertz CT molecular complexity index is 882. The van der Waals surface area contributed by atoms with Crippen molar-refractivity contribution in [2.45, 2.75) is 32.0 Å². The van der Waals surface area contributed by atoms with Gasteiger partial charge in [0, 0.05) is 32.6 Å². The van der Waals surface area contributed by atoms with Gasteiger partial charge in [-0.3, -0.25) is 4.90 Å². The number of nitrogens with one attached hydrogen (secondary N) is 1. The van der Waals surface area contributed by atoms with Gasteiger partial charge in [0.05, 0.1) is 11.1 Å². The number of anilines is 1. The van der Waals surface area contributed by atoms with Gasteiger partial charge in [0.15, 0.2) is 5.13 Å². The Kier molecular flexibility index (Phi) is 4.26. The van der Waals surface area contributed by atoms with Crippen molar-refractivity contribution in [2.75, 3.05) is 18.9 Å². The van der Waals surface area contributed by atoms with Crippen molar-refractivity contribution in [1.82, 2.24) is 19.9 Å². The maximum atomic E-state index is 13.9. The van der Waals surface area contributed by atoms with E-state index < -0.39 is 5.95 Å². The van der Waals surface area contributed by atoms with Crippen LogP contribution in [0.4, 0.5) is 9.52 Å². The molecule has 132 valence electrons. The summed E-state index contributed by atoms with van der Waals surface area (Å²) in [5.41, 5.74) is 0.513. The van der Waals surface area contributed by atoms with Crippen LogP contribution in [0.5, 0.6) is 5.88 Å². The van der Waals surface area contributed by atoms with Crippen molar-refractivity contribution < 1.29 is 13.5 Å². The molecule has 7 nitrogen and oxygen atoms in total. The lowest BCUT2D eigenvalue weighted by Gasteiger charge is -2.19. The normalized spacial score (nSPS) is 21.1. The summed E-state index contributed by atoms with van der Waals surface area (Å²) in [5.74, 6) is 0.126. The molecule has 4 rings (SSSR count). The van der Waals surface area contributed by atoms with E-state index in [1.165, 1.54) is 17.7 Å². The average Bonchev–Trinajstić information content (AvgIpc) is 3.29. The van der Waals surface area contributed by atoms with Crippen LogP contribution in [-0.4, -0.2) is 45.6 Å². The Hall–Kier alpha value is -2.26. The quantitative estimate of drug-likeness (QED) is 0.747. The Morgan fingerprint density at radius 1 is 1.48 bits per heavy atom. The summed E-state index contributed by atoms with van der Waals surface area (Å²) in [7, 11) is 1.74. The number of thiazole rings is 1. The van der Waals surface area contributed by atoms with Crippen molar-refractivity contribution in [3.05, 3.63) is 29.5 Å². The predicted octanol–water partition coefficient (Wildman–Crippen LogP) is 2.90. The molecule has 1 aliphatic heterocycles. The molecule has 0 saturated carbocycles. The standard InChI is InChI=1S/C16H18FN5O2S/c1-9-5-10(24-15-11-3-4-23-14(11)19-8-20-15)6-22(9)7-12-13(17)21-16(18-2)25-12/h3-4,8-10H,5-7H2,1-2H3,(H,18,21). The van der Waals surface area contributed by atoms with Crippen LogP contribution in [0.3, 0.4) is 0 Å². The fraction of sp³-hybridized carbons (Fsp3) is 0.438. The monoisotopic (exact) mass is 363 g/mol. The minimum absolute atomic E-state index is 0.0113. The number of nitrogens with zero attached hydrogens (tertiary/aromatic N) is 4. The summed E-state index contributed by atoms with van der Waals surface area (Å²) < 4.78 is 25.3. The second-order valence-electron chi connectivity index (χ2n) is 6.06. The molecule has 2 unspecified atom stereocenters. The number of hydrogen-bond acceptors (Lipinski definition) is 8. The van der Waals surface area contributed by atoms with Crippen LogP contribution in [0.1, 0.15) is 18.2 Å². The van der Waals surface area contributed by atoms with Crippen LogP contribution in [0.25, 0.3) is 11.1 Å². The smallest absolute Gasteiger partial charge is 0.232 e. The summed E-state index contributed by atoms with van der Waals surface area (Å²) in [6.45, 7) is 3.35. The number of likely N-dealkylation sites (tertiary alicyclic amines) is 1. The predicted molar refractivity (Wildman–Crippen MR) is 92.3 cm³/mol. The van der Waals surface area contributed by atoms with Gasteiger partial charge >= 0.3 is 0 Å². The number of fused-ring (bicyclic) bond motifs is 1. The Morgan fingerprint density at radius 3 is 3.16 bits per heavy atom. The second kappa shape index (κ2) is 6.57. The second-order valence-corrected chi connectivity index (χ2v) is 7.14. The number of aromatic nitrogens is 3. The summed E-state index contributed by atoms with van der Waals surface area (Å²) in [4.78, 5) is 15.0. The molecular formula is C16H18FN5O2S. The molecule has 2 atom stereocenters. The van der Waals surface area contributed by atoms with E-state index in [0.29, 0.717) is 34.7 Å². The van der Waals surface area contributed by atoms with Crippen LogP contribution in [-0.2, 0) is 6.54 Å². The number of furan rings is 1. The molecule has 0 bridgehead atoms. The molecule has 3 aromatic rings. The molecule has 1 N–H and O–H groups in total. The van der Waals surface area contributed by atoms with E-state index in [4.69, 9.17) is 9.15 Å². The van der Waals surface area contributed by atoms with Crippen LogP contribution < -0.4 is 10.1 Å². The van der Waals surface area contributed by atoms with Crippen molar-refractivity contribution in [1.29, 1.82) is 0 Å². The highest BCUT2D eigenvalue weighted by molar-refractivity contribution is 7.15. The first kappa shape index (κ1) is 16.2. The minimum Gasteiger partial charge on any atom is -0.472 e. The molecular weight excluding hydrogens is 345 g/mol. The molecule has 4 heterocycles. The third-order valence-corrected chi connectivity index (χ3v) is 5.41. The van der Waals surface area contributed by atoms with Crippen LogP contribution in [0.2, 0.25) is 0 Å². The Labute approximate surface area is 147 Å². The van der Waals surface area contributed by atoms with Crippen molar-refractivity contribution >= 4 is 27.6 Å². The Balaban J connectivity index is 1.46.